The van der Waals surface area contributed by atoms with Crippen molar-refractivity contribution in [2.45, 2.75) is 19.5 Å². The van der Waals surface area contributed by atoms with E-state index in [-0.39, 0.29) is 0 Å². The van der Waals surface area contributed by atoms with Gasteiger partial charge in [-0.15, -0.1) is 0 Å². The maximum absolute atomic E-state index is 6.34. The molecule has 0 atom stereocenters. The predicted octanol–water partition coefficient (Wildman–Crippen LogP) is 4.74. The maximum atomic E-state index is 6.34. The van der Waals surface area contributed by atoms with E-state index in [2.05, 4.69) is 44.1 Å². The van der Waals surface area contributed by atoms with Crippen molar-refractivity contribution in [1.29, 1.82) is 0 Å². The van der Waals surface area contributed by atoms with E-state index in [1.54, 1.807) is 12.7 Å². The summed E-state index contributed by atoms with van der Waals surface area (Å²) in [5.41, 5.74) is 5.17. The van der Waals surface area contributed by atoms with Crippen LogP contribution in [0.15, 0.2) is 55.1 Å². The highest BCUT2D eigenvalue weighted by Crippen LogP contribution is 2.29. The predicted molar refractivity (Wildman–Crippen MR) is 112 cm³/mol. The van der Waals surface area contributed by atoms with Gasteiger partial charge in [0, 0.05) is 28.7 Å². The molecule has 0 spiro atoms. The first kappa shape index (κ1) is 17.5. The summed E-state index contributed by atoms with van der Waals surface area (Å²) >= 11 is 12.7. The third-order valence-corrected chi connectivity index (χ3v) is 5.91. The summed E-state index contributed by atoms with van der Waals surface area (Å²) in [6, 6.07) is 14.1. The lowest BCUT2D eigenvalue weighted by atomic mass is 10.00. The maximum Gasteiger partial charge on any atom is 0.165 e. The van der Waals surface area contributed by atoms with E-state index in [0.717, 1.165) is 42.1 Å². The Morgan fingerprint density at radius 1 is 0.893 bits per heavy atom. The summed E-state index contributed by atoms with van der Waals surface area (Å²) in [6.07, 6.45) is 4.38. The van der Waals surface area contributed by atoms with Gasteiger partial charge in [0.25, 0.3) is 0 Å². The van der Waals surface area contributed by atoms with Crippen molar-refractivity contribution in [3.63, 3.8) is 0 Å². The van der Waals surface area contributed by atoms with Crippen LogP contribution in [-0.4, -0.2) is 26.1 Å². The number of anilines is 1. The molecule has 5 nitrogen and oxygen atoms in total. The molecule has 0 saturated carbocycles. The highest BCUT2D eigenvalue weighted by atomic mass is 35.5. The van der Waals surface area contributed by atoms with Gasteiger partial charge in [-0.2, -0.15) is 0 Å². The van der Waals surface area contributed by atoms with E-state index in [0.29, 0.717) is 16.6 Å². The van der Waals surface area contributed by atoms with Crippen LogP contribution in [0.2, 0.25) is 10.0 Å². The molecule has 0 aliphatic carbocycles. The molecule has 2 aromatic heterocycles. The fraction of sp³-hybridized carbons (Fsp3) is 0.190. The summed E-state index contributed by atoms with van der Waals surface area (Å²) in [5.74, 6) is 0.864. The zero-order chi connectivity index (χ0) is 19.1. The number of imidazole rings is 1. The van der Waals surface area contributed by atoms with Crippen molar-refractivity contribution in [2.24, 2.45) is 0 Å². The molecule has 4 aromatic rings. The summed E-state index contributed by atoms with van der Waals surface area (Å²) in [5, 5.41) is 1.27. The van der Waals surface area contributed by atoms with Crippen molar-refractivity contribution < 1.29 is 0 Å². The highest BCUT2D eigenvalue weighted by molar-refractivity contribution is 6.36. The summed E-state index contributed by atoms with van der Waals surface area (Å²) in [6.45, 7) is 2.24. The van der Waals surface area contributed by atoms with Gasteiger partial charge in [0.15, 0.2) is 17.0 Å². The van der Waals surface area contributed by atoms with Crippen molar-refractivity contribution >= 4 is 40.2 Å². The number of hydrogen-bond donors (Lipinski definition) is 0. The molecule has 2 aromatic carbocycles. The second-order valence-corrected chi connectivity index (χ2v) is 7.70. The van der Waals surface area contributed by atoms with E-state index in [1.165, 1.54) is 11.1 Å². The number of nitrogens with zero attached hydrogens (tertiary/aromatic N) is 5. The molecule has 28 heavy (non-hydrogen) atoms. The van der Waals surface area contributed by atoms with Crippen molar-refractivity contribution in [1.82, 2.24) is 19.5 Å². The van der Waals surface area contributed by atoms with E-state index >= 15 is 0 Å². The fourth-order valence-corrected chi connectivity index (χ4v) is 4.26. The number of fused-ring (bicyclic) bond motifs is 2. The quantitative estimate of drug-likeness (QED) is 0.489. The lowest BCUT2D eigenvalue weighted by Gasteiger charge is -2.29. The van der Waals surface area contributed by atoms with Gasteiger partial charge < -0.3 is 9.47 Å². The Morgan fingerprint density at radius 3 is 2.50 bits per heavy atom. The molecule has 0 radical (unpaired) electrons. The molecule has 0 unspecified atom stereocenters. The smallest absolute Gasteiger partial charge is 0.165 e. The summed E-state index contributed by atoms with van der Waals surface area (Å²) in [7, 11) is 0. The molecule has 1 aliphatic heterocycles. The van der Waals surface area contributed by atoms with Crippen LogP contribution in [0.25, 0.3) is 11.2 Å². The van der Waals surface area contributed by atoms with Gasteiger partial charge in [-0.1, -0.05) is 53.5 Å². The minimum atomic E-state index is 0.508. The minimum Gasteiger partial charge on any atom is -0.350 e. The molecular weight excluding hydrogens is 393 g/mol. The van der Waals surface area contributed by atoms with E-state index in [1.807, 2.05) is 22.8 Å². The van der Waals surface area contributed by atoms with Gasteiger partial charge in [-0.25, -0.2) is 15.0 Å². The van der Waals surface area contributed by atoms with Gasteiger partial charge in [0.2, 0.25) is 0 Å². The number of aromatic nitrogens is 4. The Labute approximate surface area is 172 Å². The molecule has 0 saturated heterocycles. The van der Waals surface area contributed by atoms with Crippen LogP contribution in [0.5, 0.6) is 0 Å². The van der Waals surface area contributed by atoms with Gasteiger partial charge in [0.05, 0.1) is 12.9 Å². The molecule has 0 fully saturated rings. The normalized spacial score (nSPS) is 13.7. The second-order valence-electron chi connectivity index (χ2n) is 6.88. The third kappa shape index (κ3) is 3.01. The van der Waals surface area contributed by atoms with Crippen molar-refractivity contribution in [3.8, 4) is 0 Å². The van der Waals surface area contributed by atoms with Crippen molar-refractivity contribution in [3.05, 3.63) is 81.9 Å². The number of rotatable bonds is 3. The molecule has 0 N–H and O–H groups in total. The van der Waals surface area contributed by atoms with Crippen LogP contribution < -0.4 is 4.90 Å². The largest absolute Gasteiger partial charge is 0.350 e. The van der Waals surface area contributed by atoms with Crippen LogP contribution in [0, 0.1) is 0 Å². The standard InChI is InChI=1S/C21H17Cl2N5/c22-17-6-3-7-18(23)16(17)11-28-13-26-19-20(24-12-25-21(19)28)27-9-8-14-4-1-2-5-15(14)10-27/h1-7,12-13H,8-11H2. The van der Waals surface area contributed by atoms with E-state index < -0.39 is 0 Å². The average molecular weight is 410 g/mol. The first-order valence-electron chi connectivity index (χ1n) is 9.11. The van der Waals surface area contributed by atoms with Crippen LogP contribution in [0.4, 0.5) is 5.82 Å². The Hall–Kier alpha value is -2.63. The number of halogens is 2. The fourth-order valence-electron chi connectivity index (χ4n) is 3.75. The Balaban J connectivity index is 1.51. The van der Waals surface area contributed by atoms with E-state index in [4.69, 9.17) is 23.2 Å². The van der Waals surface area contributed by atoms with Gasteiger partial charge in [-0.05, 0) is 29.7 Å². The van der Waals surface area contributed by atoms with Crippen LogP contribution in [-0.2, 0) is 19.5 Å². The monoisotopic (exact) mass is 409 g/mol. The number of benzene rings is 2. The zero-order valence-electron chi connectivity index (χ0n) is 15.0. The molecule has 1 aliphatic rings. The van der Waals surface area contributed by atoms with Gasteiger partial charge >= 0.3 is 0 Å². The Kier molecular flexibility index (Phi) is 4.41. The Bertz CT molecular complexity index is 1150. The molecule has 0 bridgehead atoms. The topological polar surface area (TPSA) is 46.8 Å². The minimum absolute atomic E-state index is 0.508. The van der Waals surface area contributed by atoms with Crippen molar-refractivity contribution in [2.75, 3.05) is 11.4 Å². The summed E-state index contributed by atoms with van der Waals surface area (Å²) < 4.78 is 1.96. The second kappa shape index (κ2) is 7.08. The lowest BCUT2D eigenvalue weighted by Crippen LogP contribution is -2.31. The highest BCUT2D eigenvalue weighted by Gasteiger charge is 2.21. The first-order chi connectivity index (χ1) is 13.7. The zero-order valence-corrected chi connectivity index (χ0v) is 16.5. The molecule has 7 heteroatoms. The Morgan fingerprint density at radius 2 is 1.68 bits per heavy atom. The molecule has 0 amide bonds. The molecule has 140 valence electrons. The average Bonchev–Trinajstić information content (AvgIpc) is 3.13. The van der Waals surface area contributed by atoms with E-state index in [9.17, 15) is 0 Å². The molecule has 5 rings (SSSR count). The third-order valence-electron chi connectivity index (χ3n) is 5.20. The lowest BCUT2D eigenvalue weighted by molar-refractivity contribution is 0.722. The molecular formula is C21H17Cl2N5. The van der Waals surface area contributed by atoms with Gasteiger partial charge in [-0.3, -0.25) is 0 Å². The SMILES string of the molecule is Clc1cccc(Cl)c1Cn1cnc2c(N3CCc4ccccc4C3)ncnc21. The number of hydrogen-bond acceptors (Lipinski definition) is 4. The van der Waals surface area contributed by atoms with Crippen LogP contribution >= 0.6 is 23.2 Å². The molecule has 3 heterocycles. The first-order valence-corrected chi connectivity index (χ1v) is 9.87. The van der Waals surface area contributed by atoms with Crippen LogP contribution in [0.1, 0.15) is 16.7 Å². The van der Waals surface area contributed by atoms with Gasteiger partial charge in [0.1, 0.15) is 6.33 Å². The summed E-state index contributed by atoms with van der Waals surface area (Å²) in [4.78, 5) is 15.9. The van der Waals surface area contributed by atoms with Crippen LogP contribution in [0.3, 0.4) is 0 Å².